The van der Waals surface area contributed by atoms with Gasteiger partial charge in [-0.25, -0.2) is 4.98 Å². The van der Waals surface area contributed by atoms with Gasteiger partial charge < -0.3 is 9.72 Å². The van der Waals surface area contributed by atoms with Gasteiger partial charge in [0.05, 0.1) is 11.3 Å². The number of nitriles is 1. The maximum absolute atomic E-state index is 11.6. The molecular formula is C13H12N4O2. The molecule has 0 atom stereocenters. The summed E-state index contributed by atoms with van der Waals surface area (Å²) in [4.78, 5) is 22.4. The number of H-pyrrole nitrogens is 1. The first-order valence-corrected chi connectivity index (χ1v) is 5.76. The van der Waals surface area contributed by atoms with Gasteiger partial charge in [-0.1, -0.05) is 0 Å². The van der Waals surface area contributed by atoms with Crippen molar-refractivity contribution in [3.63, 3.8) is 0 Å². The molecule has 0 amide bonds. The van der Waals surface area contributed by atoms with Crippen LogP contribution in [0.15, 0.2) is 29.3 Å². The van der Waals surface area contributed by atoms with E-state index < -0.39 is 0 Å². The molecule has 0 aliphatic carbocycles. The van der Waals surface area contributed by atoms with Crippen LogP contribution in [0.2, 0.25) is 0 Å². The van der Waals surface area contributed by atoms with Gasteiger partial charge >= 0.3 is 0 Å². The Morgan fingerprint density at radius 1 is 1.42 bits per heavy atom. The first-order valence-electron chi connectivity index (χ1n) is 5.76. The average Bonchev–Trinajstić information content (AvgIpc) is 2.44. The molecule has 6 heteroatoms. The molecule has 0 aliphatic heterocycles. The fourth-order valence-corrected chi connectivity index (χ4v) is 1.56. The van der Waals surface area contributed by atoms with Crippen LogP contribution in [0.4, 0.5) is 0 Å². The zero-order chi connectivity index (χ0) is 13.7. The van der Waals surface area contributed by atoms with Crippen LogP contribution in [0.1, 0.15) is 18.3 Å². The van der Waals surface area contributed by atoms with Gasteiger partial charge in [-0.3, -0.25) is 9.78 Å². The lowest BCUT2D eigenvalue weighted by Gasteiger charge is -2.04. The van der Waals surface area contributed by atoms with E-state index in [0.29, 0.717) is 29.3 Å². The summed E-state index contributed by atoms with van der Waals surface area (Å²) in [7, 11) is 0. The van der Waals surface area contributed by atoms with E-state index in [9.17, 15) is 4.79 Å². The van der Waals surface area contributed by atoms with E-state index in [-0.39, 0.29) is 12.2 Å². The molecule has 0 fully saturated rings. The second-order valence-electron chi connectivity index (χ2n) is 3.79. The largest absolute Gasteiger partial charge is 0.374 e. The summed E-state index contributed by atoms with van der Waals surface area (Å²) in [5.41, 5.74) is 1.26. The Kier molecular flexibility index (Phi) is 4.00. The Hall–Kier alpha value is -2.52. The highest BCUT2D eigenvalue weighted by Crippen LogP contribution is 2.15. The third-order valence-electron chi connectivity index (χ3n) is 2.40. The fourth-order valence-electron chi connectivity index (χ4n) is 1.56. The van der Waals surface area contributed by atoms with Gasteiger partial charge in [0.1, 0.15) is 18.5 Å². The molecule has 0 aliphatic rings. The predicted octanol–water partition coefficient (Wildman–Crippen LogP) is 1.24. The van der Waals surface area contributed by atoms with Gasteiger partial charge in [-0.2, -0.15) is 5.26 Å². The van der Waals surface area contributed by atoms with Crippen LogP contribution in [0.25, 0.3) is 11.3 Å². The van der Waals surface area contributed by atoms with E-state index in [4.69, 9.17) is 10.00 Å². The number of aromatic amines is 1. The first-order chi connectivity index (χ1) is 9.22. The van der Waals surface area contributed by atoms with Crippen LogP contribution in [-0.2, 0) is 11.3 Å². The van der Waals surface area contributed by atoms with Crippen LogP contribution in [0.3, 0.4) is 0 Å². The molecule has 2 aromatic heterocycles. The summed E-state index contributed by atoms with van der Waals surface area (Å²) < 4.78 is 5.21. The van der Waals surface area contributed by atoms with Gasteiger partial charge in [-0.15, -0.1) is 0 Å². The van der Waals surface area contributed by atoms with Crippen molar-refractivity contribution in [2.45, 2.75) is 13.5 Å². The molecule has 96 valence electrons. The van der Waals surface area contributed by atoms with Crippen LogP contribution in [0, 0.1) is 11.3 Å². The second kappa shape index (κ2) is 5.89. The minimum atomic E-state index is -0.262. The van der Waals surface area contributed by atoms with E-state index >= 15 is 0 Å². The van der Waals surface area contributed by atoms with Gasteiger partial charge in [-0.05, 0) is 13.0 Å². The highest BCUT2D eigenvalue weighted by atomic mass is 16.5. The Labute approximate surface area is 109 Å². The Morgan fingerprint density at radius 2 is 2.26 bits per heavy atom. The summed E-state index contributed by atoms with van der Waals surface area (Å²) in [5.74, 6) is 0.451. The van der Waals surface area contributed by atoms with Crippen molar-refractivity contribution in [2.24, 2.45) is 0 Å². The predicted molar refractivity (Wildman–Crippen MR) is 68.1 cm³/mol. The lowest BCUT2D eigenvalue weighted by molar-refractivity contribution is 0.128. The van der Waals surface area contributed by atoms with Crippen LogP contribution in [0.5, 0.6) is 0 Å². The van der Waals surface area contributed by atoms with E-state index in [2.05, 4.69) is 15.0 Å². The zero-order valence-electron chi connectivity index (χ0n) is 10.4. The topological polar surface area (TPSA) is 91.7 Å². The van der Waals surface area contributed by atoms with E-state index in [0.717, 1.165) is 0 Å². The third kappa shape index (κ3) is 3.24. The summed E-state index contributed by atoms with van der Waals surface area (Å²) in [6.07, 6.45) is 3.02. The summed E-state index contributed by atoms with van der Waals surface area (Å²) in [5, 5.41) is 8.84. The Morgan fingerprint density at radius 3 is 3.00 bits per heavy atom. The minimum Gasteiger partial charge on any atom is -0.374 e. The number of nitrogens with one attached hydrogen (secondary N) is 1. The van der Waals surface area contributed by atoms with E-state index in [1.54, 1.807) is 12.3 Å². The molecule has 1 N–H and O–H groups in total. The lowest BCUT2D eigenvalue weighted by Crippen LogP contribution is -2.12. The number of rotatable bonds is 4. The van der Waals surface area contributed by atoms with Crippen LogP contribution in [-0.4, -0.2) is 21.6 Å². The second-order valence-corrected chi connectivity index (χ2v) is 3.79. The van der Waals surface area contributed by atoms with Crippen molar-refractivity contribution in [1.29, 1.82) is 5.26 Å². The monoisotopic (exact) mass is 256 g/mol. The fraction of sp³-hybridized carbons (Fsp3) is 0.231. The molecule has 6 nitrogen and oxygen atoms in total. The normalized spacial score (nSPS) is 10.1. The number of aromatic nitrogens is 3. The molecule has 0 spiro atoms. The standard InChI is InChI=1S/C13H12N4O2/c1-2-19-8-12-16-11(4-13(18)17-12)10-3-9(5-14)6-15-7-10/h3-4,6-7H,2,8H2,1H3,(H,16,17,18). The van der Waals surface area contributed by atoms with Crippen LogP contribution < -0.4 is 5.56 Å². The smallest absolute Gasteiger partial charge is 0.251 e. The van der Waals surface area contributed by atoms with Crippen LogP contribution >= 0.6 is 0 Å². The summed E-state index contributed by atoms with van der Waals surface area (Å²) >= 11 is 0. The number of ether oxygens (including phenoxy) is 1. The van der Waals surface area contributed by atoms with E-state index in [1.807, 2.05) is 13.0 Å². The molecule has 2 heterocycles. The molecule has 0 radical (unpaired) electrons. The minimum absolute atomic E-state index is 0.241. The van der Waals surface area contributed by atoms with Crippen molar-refractivity contribution in [3.8, 4) is 17.3 Å². The number of hydrogen-bond donors (Lipinski definition) is 1. The maximum Gasteiger partial charge on any atom is 0.251 e. The van der Waals surface area contributed by atoms with Crippen molar-refractivity contribution in [1.82, 2.24) is 15.0 Å². The number of nitrogens with zero attached hydrogens (tertiary/aromatic N) is 3. The lowest BCUT2D eigenvalue weighted by atomic mass is 10.1. The molecule has 0 aromatic carbocycles. The van der Waals surface area contributed by atoms with Crippen molar-refractivity contribution >= 4 is 0 Å². The highest BCUT2D eigenvalue weighted by Gasteiger charge is 2.05. The molecule has 0 saturated carbocycles. The Bertz CT molecular complexity index is 673. The summed E-state index contributed by atoms with van der Waals surface area (Å²) in [6.45, 7) is 2.65. The SMILES string of the molecule is CCOCc1nc(-c2cncc(C#N)c2)cc(=O)[nH]1. The molecular weight excluding hydrogens is 244 g/mol. The van der Waals surface area contributed by atoms with Gasteiger partial charge in [0.15, 0.2) is 0 Å². The molecule has 0 unspecified atom stereocenters. The summed E-state index contributed by atoms with van der Waals surface area (Å²) in [6, 6.07) is 5.01. The molecule has 0 saturated heterocycles. The molecule has 19 heavy (non-hydrogen) atoms. The molecule has 2 aromatic rings. The van der Waals surface area contributed by atoms with Crippen molar-refractivity contribution in [2.75, 3.05) is 6.61 Å². The maximum atomic E-state index is 11.6. The zero-order valence-corrected chi connectivity index (χ0v) is 10.4. The average molecular weight is 256 g/mol. The number of pyridine rings is 1. The van der Waals surface area contributed by atoms with Gasteiger partial charge in [0.25, 0.3) is 5.56 Å². The number of hydrogen-bond acceptors (Lipinski definition) is 5. The Balaban J connectivity index is 2.41. The van der Waals surface area contributed by atoms with Gasteiger partial charge in [0, 0.05) is 30.6 Å². The molecule has 2 rings (SSSR count). The van der Waals surface area contributed by atoms with Gasteiger partial charge in [0.2, 0.25) is 0 Å². The van der Waals surface area contributed by atoms with Crippen molar-refractivity contribution in [3.05, 3.63) is 46.3 Å². The molecule has 0 bridgehead atoms. The first kappa shape index (κ1) is 12.9. The quantitative estimate of drug-likeness (QED) is 0.888. The van der Waals surface area contributed by atoms with E-state index in [1.165, 1.54) is 12.3 Å². The highest BCUT2D eigenvalue weighted by molar-refractivity contribution is 5.59. The third-order valence-corrected chi connectivity index (χ3v) is 2.40. The van der Waals surface area contributed by atoms with Crippen molar-refractivity contribution < 1.29 is 4.74 Å².